The average Bonchev–Trinajstić information content (AvgIpc) is 3.08. The Kier molecular flexibility index (Phi) is 6.02. The first-order chi connectivity index (χ1) is 10.1. The fraction of sp³-hybridized carbons (Fsp3) is 0.938. The number of esters is 1. The molecule has 0 bridgehead atoms. The van der Waals surface area contributed by atoms with Crippen LogP contribution in [0.25, 0.3) is 0 Å². The van der Waals surface area contributed by atoms with Crippen molar-refractivity contribution in [2.45, 2.75) is 63.6 Å². The van der Waals surface area contributed by atoms with Gasteiger partial charge in [-0.3, -0.25) is 10.1 Å². The molecule has 122 valence electrons. The Morgan fingerprint density at radius 2 is 2.24 bits per heavy atom. The molecule has 1 saturated heterocycles. The number of carbonyl (C=O) groups excluding carboxylic acids is 1. The van der Waals surface area contributed by atoms with Crippen molar-refractivity contribution in [1.29, 1.82) is 0 Å². The molecule has 2 rings (SSSR count). The van der Waals surface area contributed by atoms with Gasteiger partial charge in [-0.15, -0.1) is 0 Å². The number of hydrogen-bond acceptors (Lipinski definition) is 5. The summed E-state index contributed by atoms with van der Waals surface area (Å²) in [6.45, 7) is 6.35. The zero-order chi connectivity index (χ0) is 15.3. The number of ether oxygens (including phenoxy) is 3. The van der Waals surface area contributed by atoms with E-state index in [0.717, 1.165) is 38.7 Å². The van der Waals surface area contributed by atoms with Crippen LogP contribution >= 0.6 is 0 Å². The highest BCUT2D eigenvalue weighted by atomic mass is 16.5. The Hall–Kier alpha value is -0.650. The molecule has 1 aliphatic heterocycles. The van der Waals surface area contributed by atoms with Gasteiger partial charge in [0.15, 0.2) is 0 Å². The summed E-state index contributed by atoms with van der Waals surface area (Å²) < 4.78 is 16.3. The Labute approximate surface area is 127 Å². The van der Waals surface area contributed by atoms with Crippen molar-refractivity contribution in [2.24, 2.45) is 5.92 Å². The van der Waals surface area contributed by atoms with Gasteiger partial charge in [-0.05, 0) is 45.4 Å². The van der Waals surface area contributed by atoms with E-state index in [1.165, 1.54) is 7.11 Å². The van der Waals surface area contributed by atoms with E-state index in [-0.39, 0.29) is 24.0 Å². The summed E-state index contributed by atoms with van der Waals surface area (Å²) in [5, 5.41) is 3.48. The molecule has 3 unspecified atom stereocenters. The maximum Gasteiger partial charge on any atom is 0.326 e. The van der Waals surface area contributed by atoms with Gasteiger partial charge in [-0.1, -0.05) is 6.42 Å². The number of carbonyl (C=O) groups is 1. The van der Waals surface area contributed by atoms with Gasteiger partial charge in [0.1, 0.15) is 5.54 Å². The SMILES string of the molecule is COC(=O)C1(NC(C)C)CCCC1CCOC1CCOC1. The first kappa shape index (κ1) is 16.7. The monoisotopic (exact) mass is 299 g/mol. The summed E-state index contributed by atoms with van der Waals surface area (Å²) in [5.41, 5.74) is -0.529. The lowest BCUT2D eigenvalue weighted by Gasteiger charge is -2.35. The Morgan fingerprint density at radius 3 is 2.86 bits per heavy atom. The van der Waals surface area contributed by atoms with E-state index in [0.29, 0.717) is 13.2 Å². The van der Waals surface area contributed by atoms with Crippen LogP contribution in [0.2, 0.25) is 0 Å². The molecule has 21 heavy (non-hydrogen) atoms. The summed E-state index contributed by atoms with van der Waals surface area (Å²) in [7, 11) is 1.48. The molecule has 1 N–H and O–H groups in total. The molecule has 0 spiro atoms. The summed E-state index contributed by atoms with van der Waals surface area (Å²) in [4.78, 5) is 12.4. The third kappa shape index (κ3) is 3.96. The zero-order valence-electron chi connectivity index (χ0n) is 13.5. The maximum absolute atomic E-state index is 12.4. The van der Waals surface area contributed by atoms with Crippen molar-refractivity contribution in [3.05, 3.63) is 0 Å². The summed E-state index contributed by atoms with van der Waals surface area (Å²) >= 11 is 0. The Bertz CT molecular complexity index is 341. The lowest BCUT2D eigenvalue weighted by atomic mass is 9.84. The van der Waals surface area contributed by atoms with Gasteiger partial charge in [0.25, 0.3) is 0 Å². The molecule has 0 aromatic heterocycles. The predicted octanol–water partition coefficient (Wildman–Crippen LogP) is 1.89. The first-order valence-electron chi connectivity index (χ1n) is 8.14. The maximum atomic E-state index is 12.4. The van der Waals surface area contributed by atoms with Gasteiger partial charge < -0.3 is 14.2 Å². The summed E-state index contributed by atoms with van der Waals surface area (Å²) in [6, 6.07) is 0.258. The molecule has 0 amide bonds. The van der Waals surface area contributed by atoms with Crippen molar-refractivity contribution in [3.8, 4) is 0 Å². The molecule has 5 nitrogen and oxygen atoms in total. The number of hydrogen-bond donors (Lipinski definition) is 1. The van der Waals surface area contributed by atoms with Gasteiger partial charge in [-0.2, -0.15) is 0 Å². The minimum atomic E-state index is -0.529. The average molecular weight is 299 g/mol. The fourth-order valence-corrected chi connectivity index (χ4v) is 3.70. The fourth-order valence-electron chi connectivity index (χ4n) is 3.70. The van der Waals surface area contributed by atoms with Crippen LogP contribution in [0, 0.1) is 5.92 Å². The predicted molar refractivity (Wildman–Crippen MR) is 80.2 cm³/mol. The third-order valence-electron chi connectivity index (χ3n) is 4.62. The highest BCUT2D eigenvalue weighted by molar-refractivity contribution is 5.81. The van der Waals surface area contributed by atoms with Gasteiger partial charge in [0, 0.05) is 19.3 Å². The lowest BCUT2D eigenvalue weighted by Crippen LogP contribution is -2.57. The summed E-state index contributed by atoms with van der Waals surface area (Å²) in [6.07, 6.45) is 5.08. The van der Waals surface area contributed by atoms with Crippen molar-refractivity contribution in [2.75, 3.05) is 26.9 Å². The second-order valence-corrected chi connectivity index (χ2v) is 6.50. The van der Waals surface area contributed by atoms with Crippen molar-refractivity contribution >= 4 is 5.97 Å². The molecular formula is C16H29NO4. The van der Waals surface area contributed by atoms with E-state index < -0.39 is 5.54 Å². The van der Waals surface area contributed by atoms with Gasteiger partial charge >= 0.3 is 5.97 Å². The molecule has 2 aliphatic rings. The van der Waals surface area contributed by atoms with Crippen molar-refractivity contribution < 1.29 is 19.0 Å². The van der Waals surface area contributed by atoms with Gasteiger partial charge in [-0.25, -0.2) is 0 Å². The smallest absolute Gasteiger partial charge is 0.326 e. The molecule has 1 saturated carbocycles. The highest BCUT2D eigenvalue weighted by Gasteiger charge is 2.49. The van der Waals surface area contributed by atoms with Crippen molar-refractivity contribution in [3.63, 3.8) is 0 Å². The largest absolute Gasteiger partial charge is 0.468 e. The van der Waals surface area contributed by atoms with Crippen LogP contribution in [-0.4, -0.2) is 50.6 Å². The zero-order valence-corrected chi connectivity index (χ0v) is 13.5. The second kappa shape index (κ2) is 7.56. The van der Waals surface area contributed by atoms with Crippen molar-refractivity contribution in [1.82, 2.24) is 5.32 Å². The number of nitrogens with one attached hydrogen (secondary N) is 1. The molecule has 0 aromatic rings. The number of methoxy groups -OCH3 is 1. The molecule has 0 radical (unpaired) electrons. The van der Waals surface area contributed by atoms with Crippen LogP contribution in [0.1, 0.15) is 46.0 Å². The third-order valence-corrected chi connectivity index (χ3v) is 4.62. The van der Waals surface area contributed by atoms with Crippen LogP contribution in [-0.2, 0) is 19.0 Å². The van der Waals surface area contributed by atoms with E-state index in [1.807, 2.05) is 0 Å². The molecule has 0 aromatic carbocycles. The van der Waals surface area contributed by atoms with Gasteiger partial charge in [0.05, 0.1) is 19.8 Å². The van der Waals surface area contributed by atoms with E-state index in [4.69, 9.17) is 14.2 Å². The minimum absolute atomic E-state index is 0.122. The van der Waals surface area contributed by atoms with Crippen LogP contribution in [0.3, 0.4) is 0 Å². The molecule has 3 atom stereocenters. The second-order valence-electron chi connectivity index (χ2n) is 6.50. The highest BCUT2D eigenvalue weighted by Crippen LogP contribution is 2.39. The van der Waals surface area contributed by atoms with Gasteiger partial charge in [0.2, 0.25) is 0 Å². The first-order valence-corrected chi connectivity index (χ1v) is 8.14. The van der Waals surface area contributed by atoms with Crippen LogP contribution in [0.15, 0.2) is 0 Å². The Balaban J connectivity index is 1.92. The molecular weight excluding hydrogens is 270 g/mol. The topological polar surface area (TPSA) is 56.8 Å². The van der Waals surface area contributed by atoms with Crippen LogP contribution in [0.5, 0.6) is 0 Å². The molecule has 2 fully saturated rings. The molecule has 1 heterocycles. The molecule has 1 aliphatic carbocycles. The molecule has 5 heteroatoms. The van der Waals surface area contributed by atoms with E-state index in [2.05, 4.69) is 19.2 Å². The van der Waals surface area contributed by atoms with E-state index in [9.17, 15) is 4.79 Å². The number of rotatable bonds is 7. The van der Waals surface area contributed by atoms with Crippen LogP contribution in [0.4, 0.5) is 0 Å². The quantitative estimate of drug-likeness (QED) is 0.728. The van der Waals surface area contributed by atoms with E-state index in [1.54, 1.807) is 0 Å². The van der Waals surface area contributed by atoms with Crippen LogP contribution < -0.4 is 5.32 Å². The van der Waals surface area contributed by atoms with E-state index >= 15 is 0 Å². The minimum Gasteiger partial charge on any atom is -0.468 e. The Morgan fingerprint density at radius 1 is 1.43 bits per heavy atom. The normalized spacial score (nSPS) is 32.8. The lowest BCUT2D eigenvalue weighted by molar-refractivity contribution is -0.151. The summed E-state index contributed by atoms with van der Waals surface area (Å²) in [5.74, 6) is 0.164. The standard InChI is InChI=1S/C16H29NO4/c1-12(2)17-16(15(18)19-3)8-4-5-13(16)6-10-21-14-7-9-20-11-14/h12-14,17H,4-11H2,1-3H3.